The zero-order valence-corrected chi connectivity index (χ0v) is 48.1. The van der Waals surface area contributed by atoms with Crippen LogP contribution in [-0.4, -0.2) is 75.2 Å². The Labute approximate surface area is 423 Å². The molecule has 0 aliphatic rings. The van der Waals surface area contributed by atoms with E-state index in [0.29, 0.717) is 18.6 Å². The van der Waals surface area contributed by atoms with Gasteiger partial charge in [0.05, 0.1) is 23.7 Å². The second-order valence-electron chi connectivity index (χ2n) is 20.4. The van der Waals surface area contributed by atoms with E-state index >= 15 is 0 Å². The molecule has 12 nitrogen and oxygen atoms in total. The van der Waals surface area contributed by atoms with Crippen molar-refractivity contribution in [3.8, 4) is 0 Å². The van der Waals surface area contributed by atoms with Crippen LogP contribution in [-0.2, 0) is 35.2 Å². The van der Waals surface area contributed by atoms with Crippen molar-refractivity contribution in [3.63, 3.8) is 0 Å². The van der Waals surface area contributed by atoms with Gasteiger partial charge in [0.2, 0.25) is 0 Å². The third kappa shape index (κ3) is 78.5. The first-order chi connectivity index (χ1) is 31.7. The summed E-state index contributed by atoms with van der Waals surface area (Å²) in [5.74, 6) is -0.313. The minimum Gasteiger partial charge on any atom is -0.481 e. The van der Waals surface area contributed by atoms with Crippen LogP contribution < -0.4 is 5.32 Å². The minimum atomic E-state index is -0.912. The maximum absolute atomic E-state index is 10.4. The zero-order chi connectivity index (χ0) is 55.8. The van der Waals surface area contributed by atoms with Crippen LogP contribution in [0.5, 0.6) is 0 Å². The van der Waals surface area contributed by atoms with Crippen molar-refractivity contribution >= 4 is 41.2 Å². The van der Waals surface area contributed by atoms with E-state index in [1.54, 1.807) is 27.7 Å². The number of aliphatic carboxylic acids is 4. The SMILES string of the molecule is CC(=N)CCCCC(C)C(=O)O.CC(=O)CC(C)C(=O)O.CC(=O)CCC(C)C(=O)O.CC(C)C(C)C.CCC(C)C.CCC(C)C.CNCCCCC(C)C(=O)O.Cc1ccc(CC(C)C)cc1. The Hall–Kier alpha value is -3.93. The van der Waals surface area contributed by atoms with Gasteiger partial charge in [-0.3, -0.25) is 19.2 Å². The highest BCUT2D eigenvalue weighted by molar-refractivity contribution is 5.81. The fourth-order valence-corrected chi connectivity index (χ4v) is 4.10. The molecule has 0 radical (unpaired) electrons. The summed E-state index contributed by atoms with van der Waals surface area (Å²) < 4.78 is 0. The lowest BCUT2D eigenvalue weighted by molar-refractivity contribution is -0.143. The van der Waals surface area contributed by atoms with Gasteiger partial charge in [0.25, 0.3) is 0 Å². The van der Waals surface area contributed by atoms with Crippen molar-refractivity contribution < 1.29 is 49.2 Å². The molecule has 12 heteroatoms. The second kappa shape index (κ2) is 53.4. The third-order valence-corrected chi connectivity index (χ3v) is 10.7. The van der Waals surface area contributed by atoms with E-state index in [-0.39, 0.29) is 29.8 Å². The number of rotatable bonds is 24. The molecule has 69 heavy (non-hydrogen) atoms. The average molecular weight is 984 g/mol. The highest BCUT2D eigenvalue weighted by Gasteiger charge is 2.13. The molecule has 0 amide bonds. The lowest BCUT2D eigenvalue weighted by atomic mass is 10.0. The van der Waals surface area contributed by atoms with E-state index in [2.05, 4.69) is 120 Å². The fraction of sp³-hybridized carbons (Fsp3) is 0.772. The van der Waals surface area contributed by atoms with Crippen molar-refractivity contribution in [2.45, 2.75) is 222 Å². The Morgan fingerprint density at radius 3 is 1.10 bits per heavy atom. The topological polar surface area (TPSA) is 219 Å². The lowest BCUT2D eigenvalue weighted by Crippen LogP contribution is -2.12. The van der Waals surface area contributed by atoms with Crippen molar-refractivity contribution in [2.75, 3.05) is 13.6 Å². The smallest absolute Gasteiger partial charge is 0.306 e. The molecule has 0 saturated heterocycles. The number of ketones is 2. The summed E-state index contributed by atoms with van der Waals surface area (Å²) in [7, 11) is 1.90. The Bertz CT molecular complexity index is 1390. The molecule has 4 unspecified atom stereocenters. The number of carbonyl (C=O) groups excluding carboxylic acids is 2. The van der Waals surface area contributed by atoms with Crippen LogP contribution in [0.3, 0.4) is 0 Å². The van der Waals surface area contributed by atoms with Crippen molar-refractivity contribution in [1.29, 1.82) is 5.41 Å². The molecule has 4 atom stereocenters. The average Bonchev–Trinajstić information content (AvgIpc) is 3.24. The molecule has 6 N–H and O–H groups in total. The van der Waals surface area contributed by atoms with Gasteiger partial charge in [-0.25, -0.2) is 0 Å². The summed E-state index contributed by atoms with van der Waals surface area (Å²) in [6.45, 7) is 41.1. The molecule has 0 aliphatic carbocycles. The maximum Gasteiger partial charge on any atom is 0.306 e. The van der Waals surface area contributed by atoms with Crippen LogP contribution in [0.25, 0.3) is 0 Å². The van der Waals surface area contributed by atoms with Gasteiger partial charge in [0.1, 0.15) is 11.6 Å². The van der Waals surface area contributed by atoms with Crippen molar-refractivity contribution in [1.82, 2.24) is 5.32 Å². The van der Waals surface area contributed by atoms with Gasteiger partial charge in [-0.2, -0.15) is 0 Å². The number of hydrogen-bond donors (Lipinski definition) is 6. The van der Waals surface area contributed by atoms with E-state index in [9.17, 15) is 28.8 Å². The third-order valence-electron chi connectivity index (χ3n) is 10.7. The zero-order valence-electron chi connectivity index (χ0n) is 48.1. The van der Waals surface area contributed by atoms with Crippen molar-refractivity contribution in [2.24, 2.45) is 53.3 Å². The van der Waals surface area contributed by atoms with Crippen LogP contribution in [0.15, 0.2) is 24.3 Å². The molecule has 1 aromatic carbocycles. The number of carboxylic acid groups (broad SMARTS) is 4. The summed E-state index contributed by atoms with van der Waals surface area (Å²) in [6, 6.07) is 8.79. The van der Waals surface area contributed by atoms with Gasteiger partial charge in [-0.1, -0.05) is 166 Å². The predicted molar refractivity (Wildman–Crippen MR) is 292 cm³/mol. The number of Topliss-reactive ketones (excluding diaryl/α,β-unsaturated/α-hetero) is 2. The van der Waals surface area contributed by atoms with Gasteiger partial charge in [0.15, 0.2) is 0 Å². The number of unbranched alkanes of at least 4 members (excludes halogenated alkanes) is 2. The van der Waals surface area contributed by atoms with E-state index in [0.717, 1.165) is 81.1 Å². The summed E-state index contributed by atoms with van der Waals surface area (Å²) in [5, 5.41) is 43.9. The monoisotopic (exact) mass is 983 g/mol. The number of carbonyl (C=O) groups is 6. The summed E-state index contributed by atoms with van der Waals surface area (Å²) in [5.41, 5.74) is 3.47. The van der Waals surface area contributed by atoms with Crippen LogP contribution in [0.4, 0.5) is 0 Å². The Balaban J connectivity index is -0.000000130. The summed E-state index contributed by atoms with van der Waals surface area (Å²) in [6.07, 6.45) is 11.0. The lowest BCUT2D eigenvalue weighted by Gasteiger charge is -2.05. The minimum absolute atomic E-state index is 0.0492. The number of nitrogens with one attached hydrogen (secondary N) is 2. The van der Waals surface area contributed by atoms with Gasteiger partial charge in [0, 0.05) is 18.6 Å². The molecule has 1 aromatic rings. The fourth-order valence-electron chi connectivity index (χ4n) is 4.10. The Morgan fingerprint density at radius 2 is 0.855 bits per heavy atom. The normalized spacial score (nSPS) is 11.7. The quantitative estimate of drug-likeness (QED) is 0.0423. The van der Waals surface area contributed by atoms with E-state index in [1.807, 2.05) is 7.05 Å². The molecule has 0 aliphatic heterocycles. The van der Waals surface area contributed by atoms with Gasteiger partial charge >= 0.3 is 23.9 Å². The molecule has 0 heterocycles. The second-order valence-corrected chi connectivity index (χ2v) is 20.4. The van der Waals surface area contributed by atoms with E-state index < -0.39 is 35.7 Å². The Morgan fingerprint density at radius 1 is 0.507 bits per heavy atom. The molecular formula is C57H110N2O10. The number of hydrogen-bond acceptors (Lipinski definition) is 8. The highest BCUT2D eigenvalue weighted by Crippen LogP contribution is 2.11. The first-order valence-corrected chi connectivity index (χ1v) is 25.8. The molecule has 408 valence electrons. The van der Waals surface area contributed by atoms with E-state index in [4.69, 9.17) is 25.8 Å². The number of aryl methyl sites for hydroxylation is 1. The number of carboxylic acids is 4. The maximum atomic E-state index is 10.4. The van der Waals surface area contributed by atoms with Crippen LogP contribution >= 0.6 is 0 Å². The highest BCUT2D eigenvalue weighted by atomic mass is 16.4. The molecular weight excluding hydrogens is 873 g/mol. The predicted octanol–water partition coefficient (Wildman–Crippen LogP) is 14.8. The standard InChI is InChI=1S/C11H16.C9H17NO2.C8H17NO2.C7H12O3.C6H10O3.C6H14.2C5H12/c1-9(2)8-11-6-4-10(3)5-7-11;1-7(9(11)12)5-3-4-6-8(2)10;1-7(8(10)11)5-3-4-6-9-2;1-5(7(9)10)3-4-6(2)8;1-4(6(8)9)3-5(2)7;1-5(2)6(3)4;2*1-4-5(2)3/h4-7,9H,8H2,1-3H3;7,10H,3-6H2,1-2H3,(H,11,12);7,9H,3-6H2,1-2H3,(H,10,11);5H,3-4H2,1-2H3,(H,9,10);4H,3H2,1-2H3,(H,8,9);5-6H,1-4H3;2*5H,4H2,1-3H3. The summed E-state index contributed by atoms with van der Waals surface area (Å²) in [4.78, 5) is 61.7. The Kier molecular flexibility index (Phi) is 61.3. The van der Waals surface area contributed by atoms with Gasteiger partial charge in [-0.15, -0.1) is 0 Å². The van der Waals surface area contributed by atoms with Crippen molar-refractivity contribution in [3.05, 3.63) is 35.4 Å². The van der Waals surface area contributed by atoms with Crippen LogP contribution in [0.2, 0.25) is 0 Å². The molecule has 1 rings (SSSR count). The largest absolute Gasteiger partial charge is 0.481 e. The van der Waals surface area contributed by atoms with Gasteiger partial charge < -0.3 is 40.7 Å². The molecule has 0 aromatic heterocycles. The first kappa shape index (κ1) is 79.2. The molecule has 0 fully saturated rings. The first-order valence-electron chi connectivity index (χ1n) is 25.8. The van der Waals surface area contributed by atoms with Crippen LogP contribution in [0, 0.1) is 65.6 Å². The molecule has 0 bridgehead atoms. The summed E-state index contributed by atoms with van der Waals surface area (Å²) >= 11 is 0. The van der Waals surface area contributed by atoms with Gasteiger partial charge in [-0.05, 0) is 121 Å². The molecule has 0 spiro atoms. The van der Waals surface area contributed by atoms with E-state index in [1.165, 1.54) is 51.2 Å². The molecule has 0 saturated carbocycles. The number of benzene rings is 1. The van der Waals surface area contributed by atoms with Crippen LogP contribution in [0.1, 0.15) is 220 Å².